The number of benzene rings is 1. The molecule has 2 rings (SSSR count). The molecule has 1 heterocycles. The fraction of sp³-hybridized carbons (Fsp3) is 0.625. The number of aromatic nitrogens is 2. The molecule has 0 atom stereocenters. The summed E-state index contributed by atoms with van der Waals surface area (Å²) in [7, 11) is 0. The molecular formula is C24H39N2+. The van der Waals surface area contributed by atoms with Gasteiger partial charge in [0.25, 0.3) is 5.82 Å². The normalized spacial score (nSPS) is 11.2. The van der Waals surface area contributed by atoms with E-state index in [4.69, 9.17) is 0 Å². The molecule has 2 aromatic rings. The Hall–Kier alpha value is -1.57. The standard InChI is InChI=1S/C24H39N2/c1-3-5-7-8-9-10-11-15-18-24-25(19-6-4-2)20-21-26(24)22-23-16-13-12-14-17-23/h12-14,16-17,20-21H,3-11,15,18-19,22H2,1-2H3/q+1. The zero-order valence-corrected chi connectivity index (χ0v) is 17.1. The van der Waals surface area contributed by atoms with Crippen molar-refractivity contribution in [1.29, 1.82) is 0 Å². The first-order valence-corrected chi connectivity index (χ1v) is 11.0. The third-order valence-corrected chi connectivity index (χ3v) is 5.29. The average Bonchev–Trinajstić information content (AvgIpc) is 3.04. The SMILES string of the molecule is CCCCCCCCCCc1n(CCCC)cc[n+]1Cc1ccccc1. The van der Waals surface area contributed by atoms with Crippen molar-refractivity contribution in [2.75, 3.05) is 0 Å². The summed E-state index contributed by atoms with van der Waals surface area (Å²) < 4.78 is 4.96. The van der Waals surface area contributed by atoms with E-state index < -0.39 is 0 Å². The van der Waals surface area contributed by atoms with Gasteiger partial charge in [0.2, 0.25) is 0 Å². The molecule has 1 aromatic carbocycles. The first-order chi connectivity index (χ1) is 12.8. The van der Waals surface area contributed by atoms with Gasteiger partial charge in [-0.15, -0.1) is 0 Å². The van der Waals surface area contributed by atoms with E-state index in [0.29, 0.717) is 0 Å². The summed E-state index contributed by atoms with van der Waals surface area (Å²) >= 11 is 0. The van der Waals surface area contributed by atoms with E-state index in [-0.39, 0.29) is 0 Å². The van der Waals surface area contributed by atoms with Gasteiger partial charge in [0.15, 0.2) is 0 Å². The maximum absolute atomic E-state index is 2.49. The van der Waals surface area contributed by atoms with Crippen molar-refractivity contribution in [1.82, 2.24) is 4.57 Å². The third-order valence-electron chi connectivity index (χ3n) is 5.29. The Balaban J connectivity index is 1.86. The van der Waals surface area contributed by atoms with Gasteiger partial charge < -0.3 is 0 Å². The average molecular weight is 356 g/mol. The molecule has 0 saturated heterocycles. The highest BCUT2D eigenvalue weighted by Crippen LogP contribution is 2.11. The van der Waals surface area contributed by atoms with Gasteiger partial charge in [-0.2, -0.15) is 0 Å². The van der Waals surface area contributed by atoms with Crippen LogP contribution in [0.25, 0.3) is 0 Å². The molecule has 0 N–H and O–H groups in total. The topological polar surface area (TPSA) is 8.81 Å². The van der Waals surface area contributed by atoms with E-state index >= 15 is 0 Å². The number of nitrogens with zero attached hydrogens (tertiary/aromatic N) is 2. The number of hydrogen-bond acceptors (Lipinski definition) is 0. The van der Waals surface area contributed by atoms with Crippen LogP contribution in [0, 0.1) is 0 Å². The Morgan fingerprint density at radius 3 is 2.12 bits per heavy atom. The Bertz CT molecular complexity index is 586. The zero-order chi connectivity index (χ0) is 18.5. The molecule has 0 fully saturated rings. The van der Waals surface area contributed by atoms with E-state index in [0.717, 1.165) is 13.1 Å². The summed E-state index contributed by atoms with van der Waals surface area (Å²) in [5.41, 5.74) is 1.39. The van der Waals surface area contributed by atoms with E-state index in [1.807, 2.05) is 0 Å². The molecule has 0 unspecified atom stereocenters. The van der Waals surface area contributed by atoms with Crippen molar-refractivity contribution in [3.63, 3.8) is 0 Å². The molecular weight excluding hydrogens is 316 g/mol. The maximum atomic E-state index is 2.49. The molecule has 0 aliphatic rings. The quantitative estimate of drug-likeness (QED) is 0.277. The van der Waals surface area contributed by atoms with Gasteiger partial charge in [0.1, 0.15) is 18.9 Å². The lowest BCUT2D eigenvalue weighted by atomic mass is 10.1. The van der Waals surface area contributed by atoms with Crippen molar-refractivity contribution in [3.05, 3.63) is 54.1 Å². The highest BCUT2D eigenvalue weighted by molar-refractivity contribution is 5.13. The molecule has 0 bridgehead atoms. The van der Waals surface area contributed by atoms with Crippen molar-refractivity contribution in [2.45, 2.75) is 97.6 Å². The van der Waals surface area contributed by atoms with Crippen LogP contribution < -0.4 is 4.57 Å². The maximum Gasteiger partial charge on any atom is 0.256 e. The lowest BCUT2D eigenvalue weighted by Crippen LogP contribution is -2.37. The van der Waals surface area contributed by atoms with Gasteiger partial charge >= 0.3 is 0 Å². The first-order valence-electron chi connectivity index (χ1n) is 11.0. The zero-order valence-electron chi connectivity index (χ0n) is 17.1. The van der Waals surface area contributed by atoms with Crippen LogP contribution in [0.1, 0.15) is 89.4 Å². The van der Waals surface area contributed by atoms with Crippen LogP contribution in [0.5, 0.6) is 0 Å². The van der Waals surface area contributed by atoms with Crippen molar-refractivity contribution in [3.8, 4) is 0 Å². The number of aryl methyl sites for hydroxylation is 1. The van der Waals surface area contributed by atoms with Gasteiger partial charge in [0, 0.05) is 6.42 Å². The molecule has 26 heavy (non-hydrogen) atoms. The van der Waals surface area contributed by atoms with E-state index in [2.05, 4.69) is 65.7 Å². The highest BCUT2D eigenvalue weighted by atomic mass is 15.1. The van der Waals surface area contributed by atoms with Gasteiger partial charge in [-0.05, 0) is 18.4 Å². The minimum absolute atomic E-state index is 0.992. The molecule has 0 amide bonds. The fourth-order valence-electron chi connectivity index (χ4n) is 3.66. The summed E-state index contributed by atoms with van der Waals surface area (Å²) in [4.78, 5) is 0. The van der Waals surface area contributed by atoms with Gasteiger partial charge in [-0.25, -0.2) is 9.13 Å². The lowest BCUT2D eigenvalue weighted by Gasteiger charge is -2.06. The summed E-state index contributed by atoms with van der Waals surface area (Å²) in [5, 5.41) is 0. The van der Waals surface area contributed by atoms with Crippen LogP contribution in [0.2, 0.25) is 0 Å². The smallest absolute Gasteiger partial charge is 0.234 e. The molecule has 0 radical (unpaired) electrons. The minimum Gasteiger partial charge on any atom is -0.234 e. The molecule has 2 heteroatoms. The largest absolute Gasteiger partial charge is 0.256 e. The van der Waals surface area contributed by atoms with Crippen molar-refractivity contribution in [2.24, 2.45) is 0 Å². The second kappa shape index (κ2) is 12.7. The fourth-order valence-corrected chi connectivity index (χ4v) is 3.66. The van der Waals surface area contributed by atoms with Crippen LogP contribution in [0.4, 0.5) is 0 Å². The second-order valence-corrected chi connectivity index (χ2v) is 7.60. The number of hydrogen-bond donors (Lipinski definition) is 0. The molecule has 0 spiro atoms. The Morgan fingerprint density at radius 2 is 1.42 bits per heavy atom. The molecule has 1 aromatic heterocycles. The molecule has 2 nitrogen and oxygen atoms in total. The first kappa shape index (κ1) is 20.7. The number of rotatable bonds is 14. The van der Waals surface area contributed by atoms with Crippen LogP contribution >= 0.6 is 0 Å². The Labute approximate surface area is 161 Å². The van der Waals surface area contributed by atoms with Crippen molar-refractivity contribution < 1.29 is 4.57 Å². The Morgan fingerprint density at radius 1 is 0.769 bits per heavy atom. The van der Waals surface area contributed by atoms with Crippen LogP contribution in [0.3, 0.4) is 0 Å². The van der Waals surface area contributed by atoms with Crippen LogP contribution in [-0.2, 0) is 19.5 Å². The third kappa shape index (κ3) is 7.35. The highest BCUT2D eigenvalue weighted by Gasteiger charge is 2.16. The number of imidazole rings is 1. The summed E-state index contributed by atoms with van der Waals surface area (Å²) in [6.45, 7) is 6.72. The summed E-state index contributed by atoms with van der Waals surface area (Å²) in [5.74, 6) is 1.51. The van der Waals surface area contributed by atoms with Gasteiger partial charge in [0.05, 0.1) is 6.54 Å². The molecule has 0 aliphatic heterocycles. The summed E-state index contributed by atoms with van der Waals surface area (Å²) in [6.07, 6.45) is 19.4. The van der Waals surface area contributed by atoms with Gasteiger partial charge in [-0.1, -0.05) is 95.5 Å². The predicted molar refractivity (Wildman–Crippen MR) is 111 cm³/mol. The van der Waals surface area contributed by atoms with E-state index in [1.54, 1.807) is 0 Å². The van der Waals surface area contributed by atoms with Crippen LogP contribution in [0.15, 0.2) is 42.7 Å². The number of unbranched alkanes of at least 4 members (excludes halogenated alkanes) is 8. The predicted octanol–water partition coefficient (Wildman–Crippen LogP) is 6.31. The van der Waals surface area contributed by atoms with Crippen LogP contribution in [-0.4, -0.2) is 4.57 Å². The molecule has 0 aliphatic carbocycles. The minimum atomic E-state index is 0.992. The molecule has 144 valence electrons. The van der Waals surface area contributed by atoms with E-state index in [1.165, 1.54) is 82.0 Å². The monoisotopic (exact) mass is 355 g/mol. The summed E-state index contributed by atoms with van der Waals surface area (Å²) in [6, 6.07) is 10.8. The van der Waals surface area contributed by atoms with Crippen molar-refractivity contribution >= 4 is 0 Å². The van der Waals surface area contributed by atoms with E-state index in [9.17, 15) is 0 Å². The Kier molecular flexibility index (Phi) is 10.2. The second-order valence-electron chi connectivity index (χ2n) is 7.60. The van der Waals surface area contributed by atoms with Gasteiger partial charge in [-0.3, -0.25) is 0 Å². The molecule has 0 saturated carbocycles. The lowest BCUT2D eigenvalue weighted by molar-refractivity contribution is -0.695.